The SMILES string of the molecule is CNC(=O)CN1CCC(NC(COC)C2(C)CC2)CC1. The van der Waals surface area contributed by atoms with Crippen LogP contribution in [0.3, 0.4) is 0 Å². The van der Waals surface area contributed by atoms with E-state index in [1.54, 1.807) is 14.2 Å². The molecule has 2 fully saturated rings. The molecular formula is C15H29N3O2. The Morgan fingerprint density at radius 2 is 2.05 bits per heavy atom. The Hall–Kier alpha value is -0.650. The van der Waals surface area contributed by atoms with Crippen LogP contribution in [-0.4, -0.2) is 63.3 Å². The second-order valence-electron chi connectivity index (χ2n) is 6.55. The van der Waals surface area contributed by atoms with Gasteiger partial charge in [0.1, 0.15) is 0 Å². The van der Waals surface area contributed by atoms with Gasteiger partial charge in [-0.1, -0.05) is 6.92 Å². The van der Waals surface area contributed by atoms with Crippen LogP contribution in [0.1, 0.15) is 32.6 Å². The van der Waals surface area contributed by atoms with Crippen molar-refractivity contribution in [1.29, 1.82) is 0 Å². The molecule has 0 aromatic carbocycles. The molecule has 116 valence electrons. The quantitative estimate of drug-likeness (QED) is 0.718. The second-order valence-corrected chi connectivity index (χ2v) is 6.55. The van der Waals surface area contributed by atoms with Crippen molar-refractivity contribution in [2.45, 2.75) is 44.7 Å². The highest BCUT2D eigenvalue weighted by molar-refractivity contribution is 5.77. The van der Waals surface area contributed by atoms with Crippen molar-refractivity contribution in [2.75, 3.05) is 40.4 Å². The summed E-state index contributed by atoms with van der Waals surface area (Å²) < 4.78 is 5.37. The van der Waals surface area contributed by atoms with E-state index in [-0.39, 0.29) is 5.91 Å². The van der Waals surface area contributed by atoms with Crippen LogP contribution in [-0.2, 0) is 9.53 Å². The number of hydrogen-bond acceptors (Lipinski definition) is 4. The van der Waals surface area contributed by atoms with Gasteiger partial charge in [-0.3, -0.25) is 9.69 Å². The Labute approximate surface area is 122 Å². The molecule has 0 bridgehead atoms. The zero-order valence-electron chi connectivity index (χ0n) is 13.1. The van der Waals surface area contributed by atoms with E-state index in [1.165, 1.54) is 12.8 Å². The average Bonchev–Trinajstić information content (AvgIpc) is 3.19. The van der Waals surface area contributed by atoms with Crippen LogP contribution < -0.4 is 10.6 Å². The fourth-order valence-corrected chi connectivity index (χ4v) is 2.99. The highest BCUT2D eigenvalue weighted by Crippen LogP contribution is 2.48. The smallest absolute Gasteiger partial charge is 0.233 e. The number of rotatable bonds is 7. The van der Waals surface area contributed by atoms with Crippen molar-refractivity contribution >= 4 is 5.91 Å². The van der Waals surface area contributed by atoms with Gasteiger partial charge in [0.05, 0.1) is 13.2 Å². The molecule has 5 nitrogen and oxygen atoms in total. The van der Waals surface area contributed by atoms with Gasteiger partial charge in [0.25, 0.3) is 0 Å². The molecule has 1 saturated carbocycles. The fraction of sp³-hybridized carbons (Fsp3) is 0.933. The molecule has 1 amide bonds. The van der Waals surface area contributed by atoms with E-state index < -0.39 is 0 Å². The van der Waals surface area contributed by atoms with Gasteiger partial charge in [-0.2, -0.15) is 0 Å². The van der Waals surface area contributed by atoms with Gasteiger partial charge in [0.15, 0.2) is 0 Å². The minimum Gasteiger partial charge on any atom is -0.383 e. The van der Waals surface area contributed by atoms with Gasteiger partial charge >= 0.3 is 0 Å². The lowest BCUT2D eigenvalue weighted by Crippen LogP contribution is -2.51. The molecule has 20 heavy (non-hydrogen) atoms. The zero-order chi connectivity index (χ0) is 14.6. The van der Waals surface area contributed by atoms with Crippen molar-refractivity contribution in [3.05, 3.63) is 0 Å². The minimum atomic E-state index is 0.110. The van der Waals surface area contributed by atoms with Crippen LogP contribution in [0.4, 0.5) is 0 Å². The van der Waals surface area contributed by atoms with E-state index in [0.717, 1.165) is 32.5 Å². The summed E-state index contributed by atoms with van der Waals surface area (Å²) in [6, 6.07) is 1.04. The number of ether oxygens (including phenoxy) is 1. The molecule has 2 N–H and O–H groups in total. The van der Waals surface area contributed by atoms with E-state index in [9.17, 15) is 4.79 Å². The predicted molar refractivity (Wildman–Crippen MR) is 79.7 cm³/mol. The maximum Gasteiger partial charge on any atom is 0.233 e. The highest BCUT2D eigenvalue weighted by atomic mass is 16.5. The minimum absolute atomic E-state index is 0.110. The summed E-state index contributed by atoms with van der Waals surface area (Å²) in [6.45, 7) is 5.69. The van der Waals surface area contributed by atoms with Crippen LogP contribution >= 0.6 is 0 Å². The van der Waals surface area contributed by atoms with Gasteiger partial charge in [-0.25, -0.2) is 0 Å². The van der Waals surface area contributed by atoms with Gasteiger partial charge < -0.3 is 15.4 Å². The molecule has 0 aromatic heterocycles. The summed E-state index contributed by atoms with van der Waals surface area (Å²) in [5.41, 5.74) is 0.440. The Balaban J connectivity index is 1.74. The summed E-state index contributed by atoms with van der Waals surface area (Å²) in [6.07, 6.45) is 4.85. The van der Waals surface area contributed by atoms with Crippen molar-refractivity contribution in [3.8, 4) is 0 Å². The lowest BCUT2D eigenvalue weighted by Gasteiger charge is -2.35. The van der Waals surface area contributed by atoms with Crippen LogP contribution in [0.25, 0.3) is 0 Å². The normalized spacial score (nSPS) is 24.4. The number of nitrogens with one attached hydrogen (secondary N) is 2. The third-order valence-corrected chi connectivity index (χ3v) is 4.88. The summed E-state index contributed by atoms with van der Waals surface area (Å²) in [5.74, 6) is 0.110. The molecule has 1 atom stereocenters. The molecule has 0 radical (unpaired) electrons. The lowest BCUT2D eigenvalue weighted by atomic mass is 9.96. The van der Waals surface area contributed by atoms with E-state index in [0.29, 0.717) is 24.0 Å². The van der Waals surface area contributed by atoms with Crippen molar-refractivity contribution in [1.82, 2.24) is 15.5 Å². The Bertz CT molecular complexity index is 323. The number of carbonyl (C=O) groups is 1. The number of methoxy groups -OCH3 is 1. The average molecular weight is 283 g/mol. The Morgan fingerprint density at radius 1 is 1.40 bits per heavy atom. The van der Waals surface area contributed by atoms with Crippen LogP contribution in [0.5, 0.6) is 0 Å². The molecule has 5 heteroatoms. The molecule has 1 saturated heterocycles. The fourth-order valence-electron chi connectivity index (χ4n) is 2.99. The first-order chi connectivity index (χ1) is 9.57. The number of likely N-dealkylation sites (tertiary alicyclic amines) is 1. The van der Waals surface area contributed by atoms with E-state index in [2.05, 4.69) is 22.5 Å². The number of hydrogen-bond donors (Lipinski definition) is 2. The van der Waals surface area contributed by atoms with Gasteiger partial charge in [-0.15, -0.1) is 0 Å². The summed E-state index contributed by atoms with van der Waals surface area (Å²) in [7, 11) is 3.48. The summed E-state index contributed by atoms with van der Waals surface area (Å²) >= 11 is 0. The van der Waals surface area contributed by atoms with Crippen LogP contribution in [0.15, 0.2) is 0 Å². The molecule has 2 rings (SSSR count). The van der Waals surface area contributed by atoms with Gasteiger partial charge in [0.2, 0.25) is 5.91 Å². The second kappa shape index (κ2) is 6.87. The predicted octanol–water partition coefficient (Wildman–Crippen LogP) is 0.602. The molecule has 0 aromatic rings. The van der Waals surface area contributed by atoms with E-state index in [4.69, 9.17) is 4.74 Å². The number of nitrogens with zero attached hydrogens (tertiary/aromatic N) is 1. The zero-order valence-corrected chi connectivity index (χ0v) is 13.1. The first-order valence-electron chi connectivity index (χ1n) is 7.75. The van der Waals surface area contributed by atoms with Gasteiger partial charge in [0, 0.05) is 39.3 Å². The first-order valence-corrected chi connectivity index (χ1v) is 7.75. The van der Waals surface area contributed by atoms with Crippen molar-refractivity contribution in [3.63, 3.8) is 0 Å². The Morgan fingerprint density at radius 3 is 2.55 bits per heavy atom. The maximum atomic E-state index is 11.4. The molecule has 1 aliphatic carbocycles. The number of amides is 1. The maximum absolute atomic E-state index is 11.4. The molecule has 0 spiro atoms. The third-order valence-electron chi connectivity index (χ3n) is 4.88. The summed E-state index contributed by atoms with van der Waals surface area (Å²) in [5, 5.41) is 6.48. The van der Waals surface area contributed by atoms with Crippen LogP contribution in [0, 0.1) is 5.41 Å². The van der Waals surface area contributed by atoms with Crippen molar-refractivity contribution < 1.29 is 9.53 Å². The third kappa shape index (κ3) is 4.17. The van der Waals surface area contributed by atoms with Crippen LogP contribution in [0.2, 0.25) is 0 Å². The number of carbonyl (C=O) groups excluding carboxylic acids is 1. The molecule has 1 aliphatic heterocycles. The topological polar surface area (TPSA) is 53.6 Å². The monoisotopic (exact) mass is 283 g/mol. The number of piperidine rings is 1. The largest absolute Gasteiger partial charge is 0.383 e. The first kappa shape index (κ1) is 15.7. The Kier molecular flexibility index (Phi) is 5.41. The van der Waals surface area contributed by atoms with Crippen molar-refractivity contribution in [2.24, 2.45) is 5.41 Å². The van der Waals surface area contributed by atoms with E-state index in [1.807, 2.05) is 0 Å². The molecular weight excluding hydrogens is 254 g/mol. The molecule has 1 unspecified atom stereocenters. The highest BCUT2D eigenvalue weighted by Gasteiger charge is 2.45. The molecule has 2 aliphatic rings. The lowest BCUT2D eigenvalue weighted by molar-refractivity contribution is -0.122. The molecule has 1 heterocycles. The summed E-state index contributed by atoms with van der Waals surface area (Å²) in [4.78, 5) is 13.6. The number of likely N-dealkylation sites (N-methyl/N-ethyl adjacent to an activating group) is 1. The van der Waals surface area contributed by atoms with E-state index >= 15 is 0 Å². The standard InChI is InChI=1S/C15H29N3O2/c1-15(6-7-15)13(11-20-3)17-12-4-8-18(9-5-12)10-14(19)16-2/h12-13,17H,4-11H2,1-3H3,(H,16,19). The van der Waals surface area contributed by atoms with Gasteiger partial charge in [-0.05, 0) is 31.1 Å².